The van der Waals surface area contributed by atoms with Crippen LogP contribution in [-0.4, -0.2) is 22.9 Å². The number of benzene rings is 1. The maximum atomic E-state index is 13.5. The third kappa shape index (κ3) is 3.26. The zero-order valence-corrected chi connectivity index (χ0v) is 15.3. The van der Waals surface area contributed by atoms with E-state index in [-0.39, 0.29) is 36.6 Å². The van der Waals surface area contributed by atoms with Crippen molar-refractivity contribution in [2.75, 3.05) is 6.61 Å². The smallest absolute Gasteiger partial charge is 0.229 e. The van der Waals surface area contributed by atoms with Crippen molar-refractivity contribution in [1.29, 1.82) is 0 Å². The van der Waals surface area contributed by atoms with Crippen LogP contribution in [0.5, 0.6) is 0 Å². The molecule has 0 aromatic heterocycles. The number of amides is 1. The van der Waals surface area contributed by atoms with Gasteiger partial charge in [0.25, 0.3) is 0 Å². The Hall–Kier alpha value is -0.910. The first-order valence-electron chi connectivity index (χ1n) is 7.87. The second kappa shape index (κ2) is 7.14. The minimum absolute atomic E-state index is 0.0753. The van der Waals surface area contributed by atoms with Gasteiger partial charge in [-0.05, 0) is 19.4 Å². The lowest BCUT2D eigenvalue weighted by Crippen LogP contribution is -2.42. The molecular weight excluding hydrogens is 359 g/mol. The molecule has 1 saturated carbocycles. The molecule has 24 heavy (non-hydrogen) atoms. The largest absolute Gasteiger partial charge is 0.375 e. The van der Waals surface area contributed by atoms with Crippen LogP contribution in [0.15, 0.2) is 18.2 Å². The van der Waals surface area contributed by atoms with Crippen LogP contribution >= 0.6 is 23.2 Å². The van der Waals surface area contributed by atoms with Crippen molar-refractivity contribution >= 4 is 29.1 Å². The van der Waals surface area contributed by atoms with Crippen LogP contribution in [0.25, 0.3) is 0 Å². The fourth-order valence-electron chi connectivity index (χ4n) is 3.09. The van der Waals surface area contributed by atoms with Crippen molar-refractivity contribution in [3.05, 3.63) is 35.4 Å². The van der Waals surface area contributed by atoms with E-state index in [4.69, 9.17) is 27.9 Å². The number of rotatable bonds is 7. The van der Waals surface area contributed by atoms with E-state index in [1.165, 1.54) is 12.1 Å². The summed E-state index contributed by atoms with van der Waals surface area (Å²) in [5.74, 6) is -2.17. The summed E-state index contributed by atoms with van der Waals surface area (Å²) in [6.07, 6.45) is 0.537. The summed E-state index contributed by atoms with van der Waals surface area (Å²) in [4.78, 5) is 12.5. The maximum absolute atomic E-state index is 13.5. The maximum Gasteiger partial charge on any atom is 0.229 e. The average Bonchev–Trinajstić information content (AvgIpc) is 2.96. The molecule has 0 heterocycles. The molecule has 0 radical (unpaired) electrons. The minimum Gasteiger partial charge on any atom is -0.375 e. The summed E-state index contributed by atoms with van der Waals surface area (Å²) in [5, 5.41) is 2.83. The first kappa shape index (κ1) is 19.4. The van der Waals surface area contributed by atoms with Crippen molar-refractivity contribution in [2.24, 2.45) is 11.3 Å². The number of nitrogens with one attached hydrogen (secondary N) is 1. The van der Waals surface area contributed by atoms with Crippen molar-refractivity contribution in [3.63, 3.8) is 0 Å². The van der Waals surface area contributed by atoms with E-state index in [0.29, 0.717) is 6.42 Å². The molecule has 1 fully saturated rings. The van der Waals surface area contributed by atoms with E-state index in [9.17, 15) is 13.6 Å². The Morgan fingerprint density at radius 1 is 1.42 bits per heavy atom. The predicted molar refractivity (Wildman–Crippen MR) is 89.9 cm³/mol. The molecule has 7 heteroatoms. The molecule has 134 valence electrons. The number of carbonyl (C=O) groups excluding carboxylic acids is 1. The van der Waals surface area contributed by atoms with Crippen molar-refractivity contribution in [2.45, 2.75) is 44.2 Å². The third-order valence-electron chi connectivity index (χ3n) is 4.79. The number of halogens is 4. The predicted octanol–water partition coefficient (Wildman–Crippen LogP) is 4.21. The van der Waals surface area contributed by atoms with Crippen molar-refractivity contribution in [3.8, 4) is 0 Å². The molecule has 2 rings (SSSR count). The lowest BCUT2D eigenvalue weighted by molar-refractivity contribution is -0.128. The minimum atomic E-state index is -1.06. The normalized spacial score (nSPS) is 26.0. The molecule has 1 amide bonds. The van der Waals surface area contributed by atoms with Gasteiger partial charge in [-0.15, -0.1) is 23.2 Å². The molecule has 0 spiro atoms. The van der Waals surface area contributed by atoms with Gasteiger partial charge in [0.1, 0.15) is 4.33 Å². The summed E-state index contributed by atoms with van der Waals surface area (Å²) in [6, 6.07) is 3.61. The Balaban J connectivity index is 1.85. The van der Waals surface area contributed by atoms with E-state index < -0.39 is 21.4 Å². The van der Waals surface area contributed by atoms with Crippen LogP contribution in [0.3, 0.4) is 0 Å². The van der Waals surface area contributed by atoms with Gasteiger partial charge in [-0.3, -0.25) is 4.79 Å². The summed E-state index contributed by atoms with van der Waals surface area (Å²) in [7, 11) is 0. The van der Waals surface area contributed by atoms with Crippen LogP contribution in [0.2, 0.25) is 0 Å². The molecule has 3 nitrogen and oxygen atoms in total. The van der Waals surface area contributed by atoms with Gasteiger partial charge in [-0.2, -0.15) is 0 Å². The highest BCUT2D eigenvalue weighted by Crippen LogP contribution is 2.70. The van der Waals surface area contributed by atoms with E-state index >= 15 is 0 Å². The van der Waals surface area contributed by atoms with Gasteiger partial charge in [-0.1, -0.05) is 26.0 Å². The van der Waals surface area contributed by atoms with Gasteiger partial charge in [-0.25, -0.2) is 8.78 Å². The lowest BCUT2D eigenvalue weighted by atomic mass is 9.99. The standard InChI is InChI=1S/C17H21Cl2F2NO2/c1-4-16(11(3)17(16,18)19)15(23)22-10(2)8-24-9-12-6-5-7-13(20)14(12)21/h5-7,10-11H,4,8-9H2,1-3H3,(H,22,23)/t10-,11-,16-/m1/s1. The topological polar surface area (TPSA) is 38.3 Å². The fraction of sp³-hybridized carbons (Fsp3) is 0.588. The van der Waals surface area contributed by atoms with Gasteiger partial charge in [0, 0.05) is 17.5 Å². The van der Waals surface area contributed by atoms with Crippen LogP contribution in [0.4, 0.5) is 8.78 Å². The molecular formula is C17H21Cl2F2NO2. The van der Waals surface area contributed by atoms with Crippen molar-refractivity contribution in [1.82, 2.24) is 5.32 Å². The van der Waals surface area contributed by atoms with Crippen molar-refractivity contribution < 1.29 is 18.3 Å². The highest BCUT2D eigenvalue weighted by molar-refractivity contribution is 6.53. The Morgan fingerprint density at radius 3 is 2.58 bits per heavy atom. The van der Waals surface area contributed by atoms with Crippen LogP contribution in [0.1, 0.15) is 32.8 Å². The Bertz CT molecular complexity index is 627. The zero-order chi connectivity index (χ0) is 18.1. The highest BCUT2D eigenvalue weighted by atomic mass is 35.5. The number of hydrogen-bond donors (Lipinski definition) is 1. The molecule has 1 aromatic rings. The number of ether oxygens (including phenoxy) is 1. The molecule has 1 N–H and O–H groups in total. The Labute approximate surface area is 150 Å². The molecule has 0 saturated heterocycles. The molecule has 1 aromatic carbocycles. The van der Waals surface area contributed by atoms with Crippen LogP contribution in [0, 0.1) is 23.0 Å². The summed E-state index contributed by atoms with van der Waals surface area (Å²) >= 11 is 12.4. The Kier molecular flexibility index (Phi) is 5.78. The monoisotopic (exact) mass is 379 g/mol. The first-order valence-corrected chi connectivity index (χ1v) is 8.63. The van der Waals surface area contributed by atoms with Crippen LogP contribution < -0.4 is 5.32 Å². The molecule has 1 aliphatic carbocycles. The second-order valence-electron chi connectivity index (χ2n) is 6.27. The quantitative estimate of drug-likeness (QED) is 0.720. The van der Waals surface area contributed by atoms with E-state index in [2.05, 4.69) is 5.32 Å². The second-order valence-corrected chi connectivity index (χ2v) is 7.66. The average molecular weight is 380 g/mol. The number of carbonyl (C=O) groups is 1. The number of hydrogen-bond acceptors (Lipinski definition) is 2. The zero-order valence-electron chi connectivity index (χ0n) is 13.8. The summed E-state index contributed by atoms with van der Waals surface area (Å²) < 4.78 is 30.9. The summed E-state index contributed by atoms with van der Waals surface area (Å²) in [5.41, 5.74) is -0.658. The van der Waals surface area contributed by atoms with Gasteiger partial charge >= 0.3 is 0 Å². The lowest BCUT2D eigenvalue weighted by Gasteiger charge is -2.20. The molecule has 0 bridgehead atoms. The molecule has 0 unspecified atom stereocenters. The van der Waals surface area contributed by atoms with E-state index in [1.54, 1.807) is 6.92 Å². The third-order valence-corrected chi connectivity index (χ3v) is 6.12. The van der Waals surface area contributed by atoms with Gasteiger partial charge in [0.2, 0.25) is 5.91 Å². The van der Waals surface area contributed by atoms with Gasteiger partial charge < -0.3 is 10.1 Å². The van der Waals surface area contributed by atoms with Gasteiger partial charge in [0.05, 0.1) is 18.6 Å². The SMILES string of the molecule is CC[C@]1(C(=O)N[C@H](C)COCc2cccc(F)c2F)[C@@H](C)C1(Cl)Cl. The number of alkyl halides is 2. The van der Waals surface area contributed by atoms with E-state index in [1.807, 2.05) is 13.8 Å². The fourth-order valence-corrected chi connectivity index (χ4v) is 4.12. The molecule has 3 atom stereocenters. The van der Waals surface area contributed by atoms with Crippen LogP contribution in [-0.2, 0) is 16.1 Å². The van der Waals surface area contributed by atoms with Gasteiger partial charge in [0.15, 0.2) is 11.6 Å². The Morgan fingerprint density at radius 2 is 2.04 bits per heavy atom. The van der Waals surface area contributed by atoms with E-state index in [0.717, 1.165) is 6.07 Å². The molecule has 0 aliphatic heterocycles. The summed E-state index contributed by atoms with van der Waals surface area (Å²) in [6.45, 7) is 5.56. The highest BCUT2D eigenvalue weighted by Gasteiger charge is 2.76. The molecule has 1 aliphatic rings. The first-order chi connectivity index (χ1) is 11.2.